The maximum absolute atomic E-state index is 13.2. The summed E-state index contributed by atoms with van der Waals surface area (Å²) < 4.78 is 0. The van der Waals surface area contributed by atoms with Crippen LogP contribution >= 0.6 is 0 Å². The second-order valence-electron chi connectivity index (χ2n) is 10.6. The Kier molecular flexibility index (Phi) is 14.9. The molecule has 3 amide bonds. The Bertz CT molecular complexity index is 1340. The van der Waals surface area contributed by atoms with Crippen LogP contribution in [0.15, 0.2) is 83.0 Å². The average Bonchev–Trinajstić information content (AvgIpc) is 3.07. The Labute approximate surface area is 267 Å². The van der Waals surface area contributed by atoms with Gasteiger partial charge < -0.3 is 25.8 Å². The lowest BCUT2D eigenvalue weighted by Crippen LogP contribution is -2.31. The molecule has 0 fully saturated rings. The van der Waals surface area contributed by atoms with E-state index in [1.165, 1.54) is 0 Å². The molecule has 0 bridgehead atoms. The molecule has 0 aromatic heterocycles. The molecule has 0 aliphatic carbocycles. The lowest BCUT2D eigenvalue weighted by atomic mass is 10.1. The van der Waals surface area contributed by atoms with Gasteiger partial charge in [-0.3, -0.25) is 14.4 Å². The first-order chi connectivity index (χ1) is 21.9. The number of anilines is 1. The summed E-state index contributed by atoms with van der Waals surface area (Å²) in [4.78, 5) is 44.0. The molecule has 0 saturated carbocycles. The molecule has 10 heteroatoms. The lowest BCUT2D eigenvalue weighted by molar-refractivity contribution is 0.0949. The van der Waals surface area contributed by atoms with Gasteiger partial charge in [0.2, 0.25) is 0 Å². The molecule has 0 spiro atoms. The van der Waals surface area contributed by atoms with Crippen molar-refractivity contribution in [2.45, 2.75) is 40.5 Å². The van der Waals surface area contributed by atoms with Gasteiger partial charge in [0.25, 0.3) is 17.7 Å². The Hall–Kier alpha value is -4.41. The number of carbonyl (C=O) groups excluding carboxylic acids is 3. The first kappa shape index (κ1) is 35.1. The number of hydrogen-bond acceptors (Lipinski definition) is 7. The highest BCUT2D eigenvalue weighted by Gasteiger charge is 2.15. The van der Waals surface area contributed by atoms with Crippen LogP contribution in [0, 0.1) is 0 Å². The Balaban J connectivity index is 1.71. The number of azo groups is 1. The monoisotopic (exact) mass is 613 g/mol. The molecule has 0 heterocycles. The van der Waals surface area contributed by atoms with Crippen molar-refractivity contribution in [2.24, 2.45) is 10.2 Å². The summed E-state index contributed by atoms with van der Waals surface area (Å²) in [7, 11) is 0. The van der Waals surface area contributed by atoms with Crippen molar-refractivity contribution in [3.63, 3.8) is 0 Å². The van der Waals surface area contributed by atoms with E-state index in [4.69, 9.17) is 0 Å². The number of benzene rings is 3. The topological polar surface area (TPSA) is 119 Å². The summed E-state index contributed by atoms with van der Waals surface area (Å²) in [5, 5.41) is 17.2. The number of amides is 3. The zero-order chi connectivity index (χ0) is 32.4. The summed E-state index contributed by atoms with van der Waals surface area (Å²) in [5.74, 6) is -0.965. The minimum absolute atomic E-state index is 0.297. The minimum Gasteiger partial charge on any atom is -0.352 e. The van der Waals surface area contributed by atoms with E-state index in [0.717, 1.165) is 57.8 Å². The standard InChI is InChI=1S/C35H47N7O3/c1-5-41(6-2)22-12-20-36-33(43)28-24-29(34(44)37-21-13-23-42(7-3)8-4)26-32(25-28)38-35(45)27-16-18-31(19-17-27)40-39-30-14-10-9-11-15-30/h9-11,14-19,24-26H,5-8,12-13,20-23H2,1-4H3,(H,36,43)(H,37,44)(H,38,45). The molecule has 3 N–H and O–H groups in total. The maximum Gasteiger partial charge on any atom is 0.255 e. The van der Waals surface area contributed by atoms with Crippen LogP contribution in [0.5, 0.6) is 0 Å². The summed E-state index contributed by atoms with van der Waals surface area (Å²) in [6.45, 7) is 15.1. The van der Waals surface area contributed by atoms with Crippen molar-refractivity contribution in [1.82, 2.24) is 20.4 Å². The van der Waals surface area contributed by atoms with Crippen molar-refractivity contribution in [2.75, 3.05) is 57.7 Å². The van der Waals surface area contributed by atoms with E-state index in [0.29, 0.717) is 41.2 Å². The molecule has 3 aromatic carbocycles. The summed E-state index contributed by atoms with van der Waals surface area (Å²) in [6.07, 6.45) is 1.62. The van der Waals surface area contributed by atoms with Gasteiger partial charge in [0, 0.05) is 35.5 Å². The van der Waals surface area contributed by atoms with Crippen molar-refractivity contribution < 1.29 is 14.4 Å². The molecular formula is C35H47N7O3. The molecule has 3 aromatic rings. The second-order valence-corrected chi connectivity index (χ2v) is 10.6. The number of rotatable bonds is 18. The molecule has 240 valence electrons. The fraction of sp³-hybridized carbons (Fsp3) is 0.400. The van der Waals surface area contributed by atoms with Gasteiger partial charge in [0.1, 0.15) is 0 Å². The number of hydrogen-bond donors (Lipinski definition) is 3. The summed E-state index contributed by atoms with van der Waals surface area (Å²) >= 11 is 0. The van der Waals surface area contributed by atoms with Crippen molar-refractivity contribution >= 4 is 34.8 Å². The quantitative estimate of drug-likeness (QED) is 0.115. The van der Waals surface area contributed by atoms with Gasteiger partial charge in [-0.1, -0.05) is 45.9 Å². The summed E-state index contributed by atoms with van der Waals surface area (Å²) in [5.41, 5.74) is 2.71. The van der Waals surface area contributed by atoms with Crippen LogP contribution in [0.25, 0.3) is 0 Å². The van der Waals surface area contributed by atoms with Crippen molar-refractivity contribution in [3.05, 3.63) is 89.5 Å². The van der Waals surface area contributed by atoms with E-state index in [1.807, 2.05) is 30.3 Å². The highest BCUT2D eigenvalue weighted by atomic mass is 16.2. The molecular weight excluding hydrogens is 566 g/mol. The normalized spacial score (nSPS) is 11.2. The SMILES string of the molecule is CCN(CC)CCCNC(=O)c1cc(NC(=O)c2ccc(N=Nc3ccccc3)cc2)cc(C(=O)NCCCN(CC)CC)c1. The van der Waals surface area contributed by atoms with Gasteiger partial charge in [-0.2, -0.15) is 10.2 Å². The molecule has 45 heavy (non-hydrogen) atoms. The van der Waals surface area contributed by atoms with Gasteiger partial charge >= 0.3 is 0 Å². The molecule has 0 atom stereocenters. The molecule has 0 radical (unpaired) electrons. The first-order valence-corrected chi connectivity index (χ1v) is 15.9. The average molecular weight is 614 g/mol. The third-order valence-electron chi connectivity index (χ3n) is 7.54. The number of nitrogens with zero attached hydrogens (tertiary/aromatic N) is 4. The Morgan fingerprint density at radius 1 is 0.578 bits per heavy atom. The highest BCUT2D eigenvalue weighted by molar-refractivity contribution is 6.07. The Morgan fingerprint density at radius 3 is 1.51 bits per heavy atom. The Morgan fingerprint density at radius 2 is 1.04 bits per heavy atom. The van der Waals surface area contributed by atoms with Gasteiger partial charge in [-0.05, 0) is 107 Å². The van der Waals surface area contributed by atoms with Gasteiger partial charge in [0.05, 0.1) is 11.4 Å². The van der Waals surface area contributed by atoms with Crippen LogP contribution in [0.4, 0.5) is 17.1 Å². The second kappa shape index (κ2) is 19.1. The smallest absolute Gasteiger partial charge is 0.255 e. The fourth-order valence-corrected chi connectivity index (χ4v) is 4.75. The third kappa shape index (κ3) is 11.9. The van der Waals surface area contributed by atoms with Crippen LogP contribution in [-0.4, -0.2) is 79.9 Å². The largest absolute Gasteiger partial charge is 0.352 e. The predicted octanol–water partition coefficient (Wildman–Crippen LogP) is 6.28. The van der Waals surface area contributed by atoms with Crippen LogP contribution < -0.4 is 16.0 Å². The van der Waals surface area contributed by atoms with E-state index in [9.17, 15) is 14.4 Å². The molecule has 10 nitrogen and oxygen atoms in total. The van der Waals surface area contributed by atoms with Gasteiger partial charge in [-0.15, -0.1) is 0 Å². The van der Waals surface area contributed by atoms with Crippen molar-refractivity contribution in [3.8, 4) is 0 Å². The van der Waals surface area contributed by atoms with Crippen LogP contribution in [-0.2, 0) is 0 Å². The molecule has 0 unspecified atom stereocenters. The molecule has 0 aliphatic rings. The fourth-order valence-electron chi connectivity index (χ4n) is 4.75. The first-order valence-electron chi connectivity index (χ1n) is 15.9. The van der Waals surface area contributed by atoms with Crippen LogP contribution in [0.3, 0.4) is 0 Å². The summed E-state index contributed by atoms with van der Waals surface area (Å²) in [6, 6.07) is 20.9. The van der Waals surface area contributed by atoms with E-state index < -0.39 is 0 Å². The van der Waals surface area contributed by atoms with Gasteiger partial charge in [-0.25, -0.2) is 0 Å². The van der Waals surface area contributed by atoms with Crippen LogP contribution in [0.2, 0.25) is 0 Å². The maximum atomic E-state index is 13.2. The van der Waals surface area contributed by atoms with E-state index in [-0.39, 0.29) is 17.7 Å². The predicted molar refractivity (Wildman–Crippen MR) is 181 cm³/mol. The minimum atomic E-state index is -0.371. The van der Waals surface area contributed by atoms with E-state index in [2.05, 4.69) is 63.7 Å². The molecule has 0 aliphatic heterocycles. The number of carbonyl (C=O) groups is 3. The highest BCUT2D eigenvalue weighted by Crippen LogP contribution is 2.20. The zero-order valence-electron chi connectivity index (χ0n) is 27.0. The van der Waals surface area contributed by atoms with Crippen molar-refractivity contribution in [1.29, 1.82) is 0 Å². The zero-order valence-corrected chi connectivity index (χ0v) is 27.0. The third-order valence-corrected chi connectivity index (χ3v) is 7.54. The molecule has 0 saturated heterocycles. The lowest BCUT2D eigenvalue weighted by Gasteiger charge is -2.18. The number of nitrogens with one attached hydrogen (secondary N) is 3. The van der Waals surface area contributed by atoms with E-state index >= 15 is 0 Å². The molecule has 3 rings (SSSR count). The van der Waals surface area contributed by atoms with E-state index in [1.54, 1.807) is 42.5 Å². The van der Waals surface area contributed by atoms with Gasteiger partial charge in [0.15, 0.2) is 0 Å². The van der Waals surface area contributed by atoms with Crippen LogP contribution in [0.1, 0.15) is 71.6 Å².